The summed E-state index contributed by atoms with van der Waals surface area (Å²) in [5.41, 5.74) is 5.50. The number of benzene rings is 1. The average molecular weight is 714 g/mol. The van der Waals surface area contributed by atoms with Crippen molar-refractivity contribution in [3.05, 3.63) is 53.6 Å². The van der Waals surface area contributed by atoms with Crippen LogP contribution in [0.2, 0.25) is 0 Å². The summed E-state index contributed by atoms with van der Waals surface area (Å²) in [6.07, 6.45) is 15.7. The minimum absolute atomic E-state index is 0.0287. The molecule has 0 bridgehead atoms. The number of allylic oxidation sites excluding steroid dienone is 3. The van der Waals surface area contributed by atoms with Crippen molar-refractivity contribution in [3.63, 3.8) is 0 Å². The van der Waals surface area contributed by atoms with E-state index >= 15 is 0 Å². The number of rotatable bonds is 10. The van der Waals surface area contributed by atoms with Crippen molar-refractivity contribution in [1.29, 1.82) is 0 Å². The minimum atomic E-state index is -0.858. The molecule has 6 aliphatic rings. The Morgan fingerprint density at radius 3 is 2.29 bits per heavy atom. The van der Waals surface area contributed by atoms with E-state index in [1.165, 1.54) is 68.1 Å². The first kappa shape index (κ1) is 38.3. The second-order valence-corrected chi connectivity index (χ2v) is 19.8. The molecule has 5 fully saturated rings. The molecule has 6 nitrogen and oxygen atoms in total. The lowest BCUT2D eigenvalue weighted by atomic mass is 9.33. The molecule has 7 rings (SSSR count). The topological polar surface area (TPSA) is 76.0 Å². The van der Waals surface area contributed by atoms with Gasteiger partial charge in [-0.15, -0.1) is 0 Å². The van der Waals surface area contributed by atoms with Crippen molar-refractivity contribution < 1.29 is 15.0 Å². The van der Waals surface area contributed by atoms with Gasteiger partial charge in [0.1, 0.15) is 6.23 Å². The van der Waals surface area contributed by atoms with Crippen LogP contribution in [-0.2, 0) is 0 Å². The molecule has 6 heteroatoms. The van der Waals surface area contributed by atoms with E-state index in [9.17, 15) is 15.0 Å². The molecule has 1 saturated heterocycles. The molecule has 1 heterocycles. The quantitative estimate of drug-likeness (QED) is 0.210. The monoisotopic (exact) mass is 714 g/mol. The molecule has 1 aliphatic heterocycles. The van der Waals surface area contributed by atoms with E-state index in [4.69, 9.17) is 0 Å². The molecular formula is C46H71N3O3. The van der Waals surface area contributed by atoms with Crippen molar-refractivity contribution in [1.82, 2.24) is 15.1 Å². The normalized spacial score (nSPS) is 40.8. The van der Waals surface area contributed by atoms with Gasteiger partial charge >= 0.3 is 5.97 Å². The molecule has 0 spiro atoms. The van der Waals surface area contributed by atoms with Crippen LogP contribution in [0.1, 0.15) is 135 Å². The highest BCUT2D eigenvalue weighted by molar-refractivity contribution is 5.88. The molecule has 5 aliphatic carbocycles. The van der Waals surface area contributed by atoms with Gasteiger partial charge in [-0.3, -0.25) is 9.80 Å². The van der Waals surface area contributed by atoms with Gasteiger partial charge in [0.15, 0.2) is 0 Å². The Morgan fingerprint density at radius 2 is 1.63 bits per heavy atom. The third-order valence-electron chi connectivity index (χ3n) is 17.4. The number of aromatic carboxylic acids is 1. The Bertz CT molecular complexity index is 1530. The first-order valence-corrected chi connectivity index (χ1v) is 21.2. The Morgan fingerprint density at radius 1 is 0.923 bits per heavy atom. The zero-order valence-electron chi connectivity index (χ0n) is 33.8. The third-order valence-corrected chi connectivity index (χ3v) is 17.4. The lowest BCUT2D eigenvalue weighted by molar-refractivity contribution is -0.219. The fraction of sp³-hybridized carbons (Fsp3) is 0.761. The number of carbonyl (C=O) groups is 1. The molecule has 3 N–H and O–H groups in total. The lowest BCUT2D eigenvalue weighted by Crippen LogP contribution is -2.68. The third kappa shape index (κ3) is 6.00. The number of fused-ring (bicyclic) bond motifs is 7. The molecule has 0 radical (unpaired) electrons. The highest BCUT2D eigenvalue weighted by Gasteiger charge is 2.70. The number of carboxylic acids is 1. The number of hydrogen-bond donors (Lipinski definition) is 3. The van der Waals surface area contributed by atoms with Crippen molar-refractivity contribution >= 4 is 11.5 Å². The highest BCUT2D eigenvalue weighted by atomic mass is 16.4. The standard InChI is InChI=1S/C46H71N3O3/c1-9-10-39(50)49-29-27-48(28-30-49)26-25-47-46-22-17-34(31(2)3)40(46)36-15-16-38-43(6)20-18-35(32-11-13-33(14-12-32)41(51)52)42(4,5)37(43)19-21-45(38,8)44(36,7)23-24-46/h11-14,18,34,36-40,47,50H,2,9-10,15-17,19-30H2,1,3-8H3,(H,51,52)/t34-,36+,37-,38+,39?,40+,43-,44+,45+,46-/m0/s1. The molecule has 1 aromatic carbocycles. The van der Waals surface area contributed by atoms with Crippen LogP contribution in [0.25, 0.3) is 5.57 Å². The van der Waals surface area contributed by atoms with Crippen LogP contribution in [0, 0.1) is 51.2 Å². The number of hydrogen-bond acceptors (Lipinski definition) is 5. The van der Waals surface area contributed by atoms with E-state index in [1.807, 2.05) is 12.1 Å². The maximum atomic E-state index is 11.6. The molecule has 0 amide bonds. The second kappa shape index (κ2) is 13.9. The summed E-state index contributed by atoms with van der Waals surface area (Å²) in [5.74, 6) is 2.44. The number of nitrogens with one attached hydrogen (secondary N) is 1. The molecule has 0 aromatic heterocycles. The smallest absolute Gasteiger partial charge is 0.335 e. The Hall–Kier alpha value is -1.99. The summed E-state index contributed by atoms with van der Waals surface area (Å²) in [6.45, 7) is 28.4. The van der Waals surface area contributed by atoms with Crippen LogP contribution < -0.4 is 5.32 Å². The van der Waals surface area contributed by atoms with Crippen LogP contribution in [0.5, 0.6) is 0 Å². The van der Waals surface area contributed by atoms with E-state index in [0.29, 0.717) is 40.1 Å². The maximum Gasteiger partial charge on any atom is 0.335 e. The largest absolute Gasteiger partial charge is 0.478 e. The zero-order chi connectivity index (χ0) is 37.3. The first-order valence-electron chi connectivity index (χ1n) is 21.2. The number of aliphatic hydroxyl groups excluding tert-OH is 1. The van der Waals surface area contributed by atoms with Gasteiger partial charge in [0, 0.05) is 44.8 Å². The van der Waals surface area contributed by atoms with Crippen LogP contribution in [0.15, 0.2) is 42.5 Å². The summed E-state index contributed by atoms with van der Waals surface area (Å²) in [4.78, 5) is 16.5. The Balaban J connectivity index is 1.10. The summed E-state index contributed by atoms with van der Waals surface area (Å²) in [7, 11) is 0. The molecule has 1 unspecified atom stereocenters. The van der Waals surface area contributed by atoms with Crippen molar-refractivity contribution in [2.24, 2.45) is 51.2 Å². The average Bonchev–Trinajstić information content (AvgIpc) is 3.49. The number of aliphatic hydroxyl groups is 1. The van der Waals surface area contributed by atoms with Crippen molar-refractivity contribution in [3.8, 4) is 0 Å². The van der Waals surface area contributed by atoms with E-state index in [0.717, 1.165) is 64.4 Å². The van der Waals surface area contributed by atoms with Gasteiger partial charge in [-0.05, 0) is 146 Å². The molecule has 288 valence electrons. The van der Waals surface area contributed by atoms with Gasteiger partial charge in [-0.25, -0.2) is 4.79 Å². The first-order chi connectivity index (χ1) is 24.6. The summed E-state index contributed by atoms with van der Waals surface area (Å²) in [6, 6.07) is 7.65. The van der Waals surface area contributed by atoms with Gasteiger partial charge in [-0.1, -0.05) is 78.3 Å². The van der Waals surface area contributed by atoms with Crippen LogP contribution in [0.3, 0.4) is 0 Å². The molecule has 10 atom stereocenters. The van der Waals surface area contributed by atoms with Crippen LogP contribution in [-0.4, -0.2) is 77.0 Å². The summed E-state index contributed by atoms with van der Waals surface area (Å²) in [5, 5.41) is 24.4. The number of carboxylic acid groups (broad SMARTS) is 1. The fourth-order valence-corrected chi connectivity index (χ4v) is 14.5. The number of piperazine rings is 1. The molecule has 1 aromatic rings. The molecule has 4 saturated carbocycles. The zero-order valence-corrected chi connectivity index (χ0v) is 33.8. The predicted molar refractivity (Wildman–Crippen MR) is 213 cm³/mol. The minimum Gasteiger partial charge on any atom is -0.478 e. The predicted octanol–water partition coefficient (Wildman–Crippen LogP) is 9.11. The molecule has 52 heavy (non-hydrogen) atoms. The van der Waals surface area contributed by atoms with Gasteiger partial charge < -0.3 is 15.5 Å². The number of nitrogens with zero attached hydrogens (tertiary/aromatic N) is 2. The van der Waals surface area contributed by atoms with Gasteiger partial charge in [0.05, 0.1) is 5.56 Å². The highest BCUT2D eigenvalue weighted by Crippen LogP contribution is 2.76. The van der Waals surface area contributed by atoms with Crippen LogP contribution >= 0.6 is 0 Å². The summed E-state index contributed by atoms with van der Waals surface area (Å²) >= 11 is 0. The van der Waals surface area contributed by atoms with E-state index in [1.54, 1.807) is 12.1 Å². The van der Waals surface area contributed by atoms with Crippen LogP contribution in [0.4, 0.5) is 0 Å². The van der Waals surface area contributed by atoms with Crippen molar-refractivity contribution in [2.45, 2.75) is 131 Å². The lowest BCUT2D eigenvalue weighted by Gasteiger charge is -2.72. The van der Waals surface area contributed by atoms with E-state index in [-0.39, 0.29) is 22.6 Å². The Labute approximate surface area is 315 Å². The van der Waals surface area contributed by atoms with E-state index in [2.05, 4.69) is 76.2 Å². The van der Waals surface area contributed by atoms with E-state index < -0.39 is 5.97 Å². The van der Waals surface area contributed by atoms with Crippen molar-refractivity contribution in [2.75, 3.05) is 39.3 Å². The Kier molecular flexibility index (Phi) is 10.3. The fourth-order valence-electron chi connectivity index (χ4n) is 14.5. The van der Waals surface area contributed by atoms with Gasteiger partial charge in [0.2, 0.25) is 0 Å². The SMILES string of the molecule is C=C(C)[C@@H]1CC[C@]2(NCCN3CCN(C(O)CCC)CC3)CC[C@]3(C)[C@H](CC[C@@H]4[C@@]5(C)CC=C(c6ccc(C(=O)O)cc6)C(C)(C)[C@@H]5CC[C@]43C)[C@@H]12. The van der Waals surface area contributed by atoms with Gasteiger partial charge in [-0.2, -0.15) is 0 Å². The summed E-state index contributed by atoms with van der Waals surface area (Å²) < 4.78 is 0. The maximum absolute atomic E-state index is 11.6. The van der Waals surface area contributed by atoms with Gasteiger partial charge in [0.25, 0.3) is 0 Å². The second-order valence-electron chi connectivity index (χ2n) is 19.8. The molecular weight excluding hydrogens is 643 g/mol.